The van der Waals surface area contributed by atoms with Crippen LogP contribution in [0.25, 0.3) is 10.9 Å². The Morgan fingerprint density at radius 1 is 1.02 bits per heavy atom. The zero-order chi connectivity index (χ0) is 43.7. The molecular weight excluding hydrogens is 776 g/mol. The molecule has 0 bridgehead atoms. The predicted octanol–water partition coefficient (Wildman–Crippen LogP) is 1.40. The molecule has 1 amide bonds. The van der Waals surface area contributed by atoms with E-state index in [-0.39, 0.29) is 31.1 Å². The van der Waals surface area contributed by atoms with Gasteiger partial charge in [0, 0.05) is 44.6 Å². The third-order valence-electron chi connectivity index (χ3n) is 12.6. The minimum absolute atomic E-state index is 0.0147. The Balaban J connectivity index is 1.35. The van der Waals surface area contributed by atoms with Gasteiger partial charge in [0.25, 0.3) is 0 Å². The lowest BCUT2D eigenvalue weighted by Crippen LogP contribution is -2.65. The molecule has 5 rings (SSSR count). The summed E-state index contributed by atoms with van der Waals surface area (Å²) >= 11 is 0. The molecule has 60 heavy (non-hydrogen) atoms. The van der Waals surface area contributed by atoms with Crippen LogP contribution in [-0.2, 0) is 39.7 Å². The summed E-state index contributed by atoms with van der Waals surface area (Å²) in [6, 6.07) is 9.39. The summed E-state index contributed by atoms with van der Waals surface area (Å²) in [7, 11) is 4.94. The van der Waals surface area contributed by atoms with Gasteiger partial charge in [0.05, 0.1) is 54.1 Å². The van der Waals surface area contributed by atoms with Gasteiger partial charge in [-0.3, -0.25) is 9.78 Å². The van der Waals surface area contributed by atoms with Crippen LogP contribution in [0.2, 0.25) is 0 Å². The van der Waals surface area contributed by atoms with Crippen LogP contribution in [0.15, 0.2) is 36.5 Å². The van der Waals surface area contributed by atoms with Gasteiger partial charge in [-0.2, -0.15) is 0 Å². The second-order valence-electron chi connectivity index (χ2n) is 17.6. The summed E-state index contributed by atoms with van der Waals surface area (Å²) in [6.45, 7) is 8.93. The first-order chi connectivity index (χ1) is 28.5. The summed E-state index contributed by atoms with van der Waals surface area (Å²) < 4.78 is 31.1. The van der Waals surface area contributed by atoms with Gasteiger partial charge in [-0.1, -0.05) is 25.1 Å². The first-order valence-corrected chi connectivity index (χ1v) is 21.6. The van der Waals surface area contributed by atoms with E-state index in [9.17, 15) is 35.1 Å². The topological polar surface area (TPSA) is 213 Å². The molecule has 16 nitrogen and oxygen atoms in total. The standard InChI is InChI=1S/C44H70N4O12/c1-26-22-30(16-21-49)40(60-43-38(53)37(47(5)6)39(27(2)58-43)59-36-24-44(4,55)42(54)28(3)57-36)41(56-7)33(50)23-35(52)46-17-11-20-48(25-34(26)51)19-10-12-29-15-18-45-32-14-9-8-13-31(29)32/h8-9,13-15,18,21,26-28,30,33-34,36-43,50-51,53-55H,10-12,16-17,19-20,22-25H2,1-7H3,(H,46,52)/t26-,27?,28?,30+,33-,34+,36+,37?,38?,39-,40+,41+,42+,43+,44?/m1/s1. The highest BCUT2D eigenvalue weighted by Gasteiger charge is 2.51. The van der Waals surface area contributed by atoms with Gasteiger partial charge >= 0.3 is 0 Å². The average Bonchev–Trinajstić information content (AvgIpc) is 3.19. The monoisotopic (exact) mass is 846 g/mol. The molecule has 1 aromatic carbocycles. The molecule has 2 aromatic rings. The number of aromatic nitrogens is 1. The third-order valence-corrected chi connectivity index (χ3v) is 12.6. The minimum Gasteiger partial charge on any atom is -0.392 e. The number of carbonyl (C=O) groups excluding carboxylic acids is 2. The number of β-amino-alcohol motifs (C(OH)–C–C–N with tert-alkyl or cyclic N) is 1. The van der Waals surface area contributed by atoms with Gasteiger partial charge in [0.1, 0.15) is 30.7 Å². The highest BCUT2D eigenvalue weighted by molar-refractivity contribution is 5.81. The molecule has 3 saturated heterocycles. The summed E-state index contributed by atoms with van der Waals surface area (Å²) in [6.07, 6.45) is -6.32. The van der Waals surface area contributed by atoms with Crippen molar-refractivity contribution in [2.75, 3.05) is 47.4 Å². The lowest BCUT2D eigenvalue weighted by Gasteiger charge is -2.50. The lowest BCUT2D eigenvalue weighted by molar-refractivity contribution is -0.344. The molecule has 5 unspecified atom stereocenters. The van der Waals surface area contributed by atoms with Gasteiger partial charge < -0.3 is 69.1 Å². The Labute approximate surface area is 354 Å². The van der Waals surface area contributed by atoms with Crippen molar-refractivity contribution in [2.24, 2.45) is 11.8 Å². The fourth-order valence-corrected chi connectivity index (χ4v) is 9.25. The molecule has 3 aliphatic rings. The molecule has 1 aromatic heterocycles. The van der Waals surface area contributed by atoms with E-state index < -0.39 is 85.1 Å². The largest absolute Gasteiger partial charge is 0.392 e. The van der Waals surface area contributed by atoms with E-state index in [1.54, 1.807) is 32.8 Å². The van der Waals surface area contributed by atoms with Crippen LogP contribution < -0.4 is 5.32 Å². The van der Waals surface area contributed by atoms with Gasteiger partial charge in [-0.25, -0.2) is 0 Å². The number of aliphatic hydroxyl groups is 5. The number of aliphatic hydroxyl groups excluding tert-OH is 4. The molecule has 0 saturated carbocycles. The maximum Gasteiger partial charge on any atom is 0.222 e. The number of nitrogens with zero attached hydrogens (tertiary/aromatic N) is 3. The zero-order valence-corrected chi connectivity index (χ0v) is 36.3. The van der Waals surface area contributed by atoms with Gasteiger partial charge in [-0.15, -0.1) is 0 Å². The third kappa shape index (κ3) is 12.3. The van der Waals surface area contributed by atoms with Crippen molar-refractivity contribution in [3.63, 3.8) is 0 Å². The Kier molecular flexibility index (Phi) is 17.8. The van der Waals surface area contributed by atoms with Crippen molar-refractivity contribution in [3.8, 4) is 0 Å². The quantitative estimate of drug-likeness (QED) is 0.167. The smallest absolute Gasteiger partial charge is 0.222 e. The number of methoxy groups -OCH3 is 1. The number of para-hydroxylation sites is 1. The van der Waals surface area contributed by atoms with Crippen LogP contribution in [0, 0.1) is 11.8 Å². The molecule has 16 heteroatoms. The summed E-state index contributed by atoms with van der Waals surface area (Å²) in [4.78, 5) is 34.0. The van der Waals surface area contributed by atoms with Crippen LogP contribution in [0.5, 0.6) is 0 Å². The SMILES string of the molecule is CO[C@@H]1[C@@H](O[C@@H]2OC(C)[C@@H](O[C@H]3CC(C)(O)[C@@H](O)C(C)O3)C(N(C)C)C2O)[C@@H](CC=O)C[C@@H](C)[C@@H](O)CN(CCCc2ccnc3ccccc23)CCCNC(=O)C[C@H]1O. The number of amides is 1. The van der Waals surface area contributed by atoms with Crippen molar-refractivity contribution < 1.29 is 58.8 Å². The molecule has 4 heterocycles. The van der Waals surface area contributed by atoms with Gasteiger partial charge in [-0.05, 0) is 103 Å². The average molecular weight is 847 g/mol. The van der Waals surface area contributed by atoms with Crippen molar-refractivity contribution in [2.45, 2.75) is 152 Å². The molecular formula is C44H70N4O12. The van der Waals surface area contributed by atoms with E-state index in [1.807, 2.05) is 37.4 Å². The number of pyridine rings is 1. The molecule has 3 fully saturated rings. The Morgan fingerprint density at radius 3 is 2.47 bits per heavy atom. The van der Waals surface area contributed by atoms with E-state index in [0.717, 1.165) is 30.0 Å². The number of likely N-dealkylation sites (N-methyl/N-ethyl adjacent to an activating group) is 1. The number of fused-ring (bicyclic) bond motifs is 1. The van der Waals surface area contributed by atoms with Gasteiger partial charge in [0.15, 0.2) is 12.6 Å². The minimum atomic E-state index is -1.47. The van der Waals surface area contributed by atoms with Crippen LogP contribution in [0.4, 0.5) is 0 Å². The van der Waals surface area contributed by atoms with Crippen molar-refractivity contribution >= 4 is 23.1 Å². The number of ether oxygens (including phenoxy) is 5. The molecule has 6 N–H and O–H groups in total. The van der Waals surface area contributed by atoms with Crippen LogP contribution in [0.1, 0.15) is 71.8 Å². The maximum atomic E-state index is 13.2. The molecule has 15 atom stereocenters. The van der Waals surface area contributed by atoms with E-state index in [0.29, 0.717) is 39.0 Å². The van der Waals surface area contributed by atoms with Gasteiger partial charge in [0.2, 0.25) is 5.91 Å². The maximum absolute atomic E-state index is 13.2. The fraction of sp³-hybridized carbons (Fsp3) is 0.750. The molecule has 3 aliphatic heterocycles. The van der Waals surface area contributed by atoms with Crippen LogP contribution >= 0.6 is 0 Å². The van der Waals surface area contributed by atoms with E-state index >= 15 is 0 Å². The lowest BCUT2D eigenvalue weighted by atomic mass is 9.82. The normalized spacial score (nSPS) is 38.2. The number of carbonyl (C=O) groups is 2. The molecule has 0 spiro atoms. The zero-order valence-electron chi connectivity index (χ0n) is 36.3. The van der Waals surface area contributed by atoms with Crippen molar-refractivity contribution in [1.82, 2.24) is 20.1 Å². The number of aldehydes is 1. The van der Waals surface area contributed by atoms with E-state index in [2.05, 4.69) is 21.3 Å². The molecule has 0 radical (unpaired) electrons. The Bertz CT molecular complexity index is 1650. The fourth-order valence-electron chi connectivity index (χ4n) is 9.25. The van der Waals surface area contributed by atoms with Crippen LogP contribution in [-0.4, -0.2) is 179 Å². The highest BCUT2D eigenvalue weighted by Crippen LogP contribution is 2.36. The summed E-state index contributed by atoms with van der Waals surface area (Å²) in [5, 5.41) is 60.6. The summed E-state index contributed by atoms with van der Waals surface area (Å²) in [5.74, 6) is -1.34. The number of benzene rings is 1. The van der Waals surface area contributed by atoms with Crippen molar-refractivity contribution in [3.05, 3.63) is 42.1 Å². The van der Waals surface area contributed by atoms with E-state index in [1.165, 1.54) is 19.6 Å². The van der Waals surface area contributed by atoms with Crippen molar-refractivity contribution in [1.29, 1.82) is 0 Å². The first-order valence-electron chi connectivity index (χ1n) is 21.6. The Hall–Kier alpha value is -2.71. The number of nitrogens with one attached hydrogen (secondary N) is 1. The number of rotatable bonds is 12. The molecule has 0 aliphatic carbocycles. The predicted molar refractivity (Wildman–Crippen MR) is 223 cm³/mol. The second kappa shape index (κ2) is 22.1. The Morgan fingerprint density at radius 2 is 1.77 bits per heavy atom. The molecule has 338 valence electrons. The number of aryl methyl sites for hydroxylation is 1. The second-order valence-corrected chi connectivity index (χ2v) is 17.6. The summed E-state index contributed by atoms with van der Waals surface area (Å²) in [5.41, 5.74) is 0.687. The highest BCUT2D eigenvalue weighted by atomic mass is 16.7. The number of hydrogen-bond donors (Lipinski definition) is 6. The number of hydrogen-bond acceptors (Lipinski definition) is 15. The first kappa shape index (κ1) is 48.3. The van der Waals surface area contributed by atoms with Crippen LogP contribution in [0.3, 0.4) is 0 Å². The van der Waals surface area contributed by atoms with E-state index in [4.69, 9.17) is 23.7 Å².